The van der Waals surface area contributed by atoms with Gasteiger partial charge in [0.2, 0.25) is 10.0 Å². The Bertz CT molecular complexity index is 662. The van der Waals surface area contributed by atoms with Gasteiger partial charge in [0.05, 0.1) is 11.4 Å². The number of sulfonamides is 1. The molecule has 0 saturated carbocycles. The molecular weight excluding hydrogens is 343 g/mol. The fourth-order valence-electron chi connectivity index (χ4n) is 2.72. The van der Waals surface area contributed by atoms with Crippen LogP contribution in [0.3, 0.4) is 0 Å². The van der Waals surface area contributed by atoms with Crippen LogP contribution in [0.25, 0.3) is 0 Å². The van der Waals surface area contributed by atoms with Gasteiger partial charge in [0.15, 0.2) is 0 Å². The van der Waals surface area contributed by atoms with Crippen molar-refractivity contribution in [3.63, 3.8) is 0 Å². The third kappa shape index (κ3) is 5.35. The molecule has 1 atom stereocenters. The lowest BCUT2D eigenvalue weighted by Crippen LogP contribution is -2.34. The molecule has 1 N–H and O–H groups in total. The number of nitrogens with one attached hydrogen (secondary N) is 1. The van der Waals surface area contributed by atoms with E-state index in [-0.39, 0.29) is 23.9 Å². The monoisotopic (exact) mass is 365 g/mol. The Kier molecular flexibility index (Phi) is 5.77. The third-order valence-corrected chi connectivity index (χ3v) is 5.40. The van der Waals surface area contributed by atoms with Crippen LogP contribution in [0.2, 0.25) is 0 Å². The van der Waals surface area contributed by atoms with Crippen LogP contribution in [-0.2, 0) is 10.0 Å². The predicted molar refractivity (Wildman–Crippen MR) is 86.6 cm³/mol. The number of nitrogens with zero attached hydrogens (tertiary/aromatic N) is 2. The zero-order valence-corrected chi connectivity index (χ0v) is 14.5. The summed E-state index contributed by atoms with van der Waals surface area (Å²) in [7, 11) is -0.0489. The fourth-order valence-corrected chi connectivity index (χ4v) is 3.87. The van der Waals surface area contributed by atoms with Gasteiger partial charge in [0, 0.05) is 32.9 Å². The summed E-state index contributed by atoms with van der Waals surface area (Å²) in [6.45, 7) is -0.216. The van der Waals surface area contributed by atoms with Crippen LogP contribution in [0.4, 0.5) is 18.9 Å². The van der Waals surface area contributed by atoms with Gasteiger partial charge in [-0.3, -0.25) is 4.90 Å². The Morgan fingerprint density at radius 2 is 2.04 bits per heavy atom. The number of hydrogen-bond acceptors (Lipinski definition) is 4. The molecule has 0 spiro atoms. The standard InChI is InChI=1S/C15H22F3N3O2S/c1-20(2)13-4-3-5-14(8-13)24(22,23)19-9-12-6-7-21(10-12)11-15(16,17)18/h3-5,8,12,19H,6-7,9-11H2,1-2H3. The van der Waals surface area contributed by atoms with Crippen LogP contribution < -0.4 is 9.62 Å². The summed E-state index contributed by atoms with van der Waals surface area (Å²) >= 11 is 0. The van der Waals surface area contributed by atoms with Crippen LogP contribution in [-0.4, -0.2) is 59.8 Å². The van der Waals surface area contributed by atoms with E-state index in [0.717, 1.165) is 5.69 Å². The summed E-state index contributed by atoms with van der Waals surface area (Å²) in [4.78, 5) is 3.26. The van der Waals surface area contributed by atoms with Gasteiger partial charge in [-0.2, -0.15) is 13.2 Å². The molecule has 1 unspecified atom stereocenters. The molecule has 9 heteroatoms. The molecule has 1 aromatic carbocycles. The van der Waals surface area contributed by atoms with Crippen LogP contribution >= 0.6 is 0 Å². The first-order valence-electron chi connectivity index (χ1n) is 7.63. The Morgan fingerprint density at radius 1 is 1.33 bits per heavy atom. The van der Waals surface area contributed by atoms with Crippen molar-refractivity contribution in [2.75, 3.05) is 45.2 Å². The third-order valence-electron chi connectivity index (χ3n) is 3.98. The Labute approximate surface area is 140 Å². The molecule has 2 rings (SSSR count). The molecule has 0 amide bonds. The smallest absolute Gasteiger partial charge is 0.378 e. The summed E-state index contributed by atoms with van der Waals surface area (Å²) in [6, 6.07) is 6.52. The lowest BCUT2D eigenvalue weighted by atomic mass is 10.1. The Balaban J connectivity index is 1.93. The molecule has 0 bridgehead atoms. The fraction of sp³-hybridized carbons (Fsp3) is 0.600. The Hall–Kier alpha value is -1.32. The first-order chi connectivity index (χ1) is 11.1. The maximum absolute atomic E-state index is 12.4. The van der Waals surface area contributed by atoms with Gasteiger partial charge in [0.1, 0.15) is 0 Å². The molecule has 5 nitrogen and oxygen atoms in total. The van der Waals surface area contributed by atoms with Crippen molar-refractivity contribution in [2.24, 2.45) is 5.92 Å². The van der Waals surface area contributed by atoms with E-state index in [0.29, 0.717) is 13.0 Å². The first kappa shape index (κ1) is 19.0. The normalized spacial score (nSPS) is 19.6. The van der Waals surface area contributed by atoms with Crippen LogP contribution in [0.1, 0.15) is 6.42 Å². The number of alkyl halides is 3. The van der Waals surface area contributed by atoms with Gasteiger partial charge in [-0.15, -0.1) is 0 Å². The molecule has 1 saturated heterocycles. The average Bonchev–Trinajstić information content (AvgIpc) is 2.91. The summed E-state index contributed by atoms with van der Waals surface area (Å²) < 4.78 is 64.3. The summed E-state index contributed by atoms with van der Waals surface area (Å²) in [5.74, 6) is -0.112. The molecule has 136 valence electrons. The van der Waals surface area contributed by atoms with E-state index in [1.165, 1.54) is 11.0 Å². The van der Waals surface area contributed by atoms with Crippen molar-refractivity contribution in [1.82, 2.24) is 9.62 Å². The highest BCUT2D eigenvalue weighted by Crippen LogP contribution is 2.23. The predicted octanol–water partition coefficient (Wildman–Crippen LogP) is 1.92. The first-order valence-corrected chi connectivity index (χ1v) is 9.11. The van der Waals surface area contributed by atoms with E-state index in [9.17, 15) is 21.6 Å². The molecule has 1 aliphatic heterocycles. The topological polar surface area (TPSA) is 52.7 Å². The molecule has 24 heavy (non-hydrogen) atoms. The lowest BCUT2D eigenvalue weighted by Gasteiger charge is -2.18. The number of rotatable bonds is 6. The summed E-state index contributed by atoms with van der Waals surface area (Å²) in [5, 5.41) is 0. The molecule has 1 fully saturated rings. The number of halogens is 3. The highest BCUT2D eigenvalue weighted by molar-refractivity contribution is 7.89. The van der Waals surface area contributed by atoms with Gasteiger partial charge in [-0.05, 0) is 37.1 Å². The SMILES string of the molecule is CN(C)c1cccc(S(=O)(=O)NCC2CCN(CC(F)(F)F)C2)c1. The minimum atomic E-state index is -4.22. The second-order valence-electron chi connectivity index (χ2n) is 6.25. The minimum absolute atomic E-state index is 0.112. The van der Waals surface area contributed by atoms with E-state index in [2.05, 4.69) is 4.72 Å². The second kappa shape index (κ2) is 7.28. The average molecular weight is 365 g/mol. The summed E-state index contributed by atoms with van der Waals surface area (Å²) in [6.07, 6.45) is -3.67. The molecule has 1 aliphatic rings. The lowest BCUT2D eigenvalue weighted by molar-refractivity contribution is -0.143. The largest absolute Gasteiger partial charge is 0.401 e. The highest BCUT2D eigenvalue weighted by Gasteiger charge is 2.34. The molecule has 1 heterocycles. The van der Waals surface area contributed by atoms with E-state index in [4.69, 9.17) is 0 Å². The maximum Gasteiger partial charge on any atom is 0.401 e. The Morgan fingerprint density at radius 3 is 2.67 bits per heavy atom. The van der Waals surface area contributed by atoms with Crippen LogP contribution in [0.15, 0.2) is 29.2 Å². The van der Waals surface area contributed by atoms with Crippen molar-refractivity contribution < 1.29 is 21.6 Å². The number of hydrogen-bond donors (Lipinski definition) is 1. The van der Waals surface area contributed by atoms with E-state index in [1.807, 2.05) is 14.1 Å². The van der Waals surface area contributed by atoms with E-state index >= 15 is 0 Å². The van der Waals surface area contributed by atoms with Gasteiger partial charge in [-0.1, -0.05) is 6.07 Å². The van der Waals surface area contributed by atoms with Crippen molar-refractivity contribution in [3.8, 4) is 0 Å². The quantitative estimate of drug-likeness (QED) is 0.837. The summed E-state index contributed by atoms with van der Waals surface area (Å²) in [5.41, 5.74) is 0.759. The molecule has 0 aromatic heterocycles. The zero-order chi connectivity index (χ0) is 18.0. The van der Waals surface area contributed by atoms with Crippen LogP contribution in [0, 0.1) is 5.92 Å². The van der Waals surface area contributed by atoms with Crippen molar-refractivity contribution in [3.05, 3.63) is 24.3 Å². The van der Waals surface area contributed by atoms with Crippen molar-refractivity contribution >= 4 is 15.7 Å². The number of benzene rings is 1. The van der Waals surface area contributed by atoms with Gasteiger partial charge in [-0.25, -0.2) is 13.1 Å². The van der Waals surface area contributed by atoms with Crippen molar-refractivity contribution in [2.45, 2.75) is 17.5 Å². The zero-order valence-electron chi connectivity index (χ0n) is 13.7. The molecular formula is C15H22F3N3O2S. The van der Waals surface area contributed by atoms with Crippen molar-refractivity contribution in [1.29, 1.82) is 0 Å². The highest BCUT2D eigenvalue weighted by atomic mass is 32.2. The van der Waals surface area contributed by atoms with Crippen LogP contribution in [0.5, 0.6) is 0 Å². The molecule has 1 aromatic rings. The maximum atomic E-state index is 12.4. The van der Waals surface area contributed by atoms with Gasteiger partial charge in [0.25, 0.3) is 0 Å². The van der Waals surface area contributed by atoms with Gasteiger partial charge < -0.3 is 4.90 Å². The number of anilines is 1. The van der Waals surface area contributed by atoms with E-state index in [1.54, 1.807) is 23.1 Å². The number of likely N-dealkylation sites (tertiary alicyclic amines) is 1. The van der Waals surface area contributed by atoms with Gasteiger partial charge >= 0.3 is 6.18 Å². The second-order valence-corrected chi connectivity index (χ2v) is 8.02. The molecule has 0 aliphatic carbocycles. The molecule has 0 radical (unpaired) electrons. The van der Waals surface area contributed by atoms with E-state index < -0.39 is 22.7 Å². The minimum Gasteiger partial charge on any atom is -0.378 e.